The van der Waals surface area contributed by atoms with Gasteiger partial charge in [0.1, 0.15) is 5.75 Å². The van der Waals surface area contributed by atoms with Crippen molar-refractivity contribution in [2.75, 3.05) is 7.11 Å². The van der Waals surface area contributed by atoms with Gasteiger partial charge in [-0.15, -0.1) is 0 Å². The zero-order valence-electron chi connectivity index (χ0n) is 10.8. The highest BCUT2D eigenvalue weighted by Crippen LogP contribution is 2.25. The summed E-state index contributed by atoms with van der Waals surface area (Å²) >= 11 is 0. The maximum Gasteiger partial charge on any atom is 0.123 e. The van der Waals surface area contributed by atoms with E-state index in [-0.39, 0.29) is 0 Å². The van der Waals surface area contributed by atoms with E-state index in [0.717, 1.165) is 16.9 Å². The molecule has 1 heteroatoms. The molecule has 0 aliphatic carbocycles. The van der Waals surface area contributed by atoms with Gasteiger partial charge in [0.2, 0.25) is 0 Å². The van der Waals surface area contributed by atoms with Crippen LogP contribution in [0.2, 0.25) is 0 Å². The Morgan fingerprint density at radius 1 is 0.944 bits per heavy atom. The average Bonchev–Trinajstić information content (AvgIpc) is 2.42. The Labute approximate surface area is 109 Å². The standard InChI is InChI=1S/C17H17O/c1-3-7-14-10-11-16(17(13-14)18-2)12-15-8-5-4-6-9-15/h3-13H,1-2H3. The Bertz CT molecular complexity index is 527. The first-order valence-corrected chi connectivity index (χ1v) is 6.04. The molecule has 0 aliphatic heterocycles. The van der Waals surface area contributed by atoms with E-state index in [0.29, 0.717) is 0 Å². The molecule has 1 radical (unpaired) electrons. The molecule has 91 valence electrons. The van der Waals surface area contributed by atoms with Gasteiger partial charge in [0.15, 0.2) is 0 Å². The van der Waals surface area contributed by atoms with Crippen molar-refractivity contribution in [1.82, 2.24) is 0 Å². The van der Waals surface area contributed by atoms with Crippen molar-refractivity contribution in [3.05, 3.63) is 77.7 Å². The number of hydrogen-bond acceptors (Lipinski definition) is 1. The lowest BCUT2D eigenvalue weighted by atomic mass is 10.0. The quantitative estimate of drug-likeness (QED) is 0.769. The number of allylic oxidation sites excluding steroid dienone is 1. The molecule has 1 nitrogen and oxygen atoms in total. The van der Waals surface area contributed by atoms with Gasteiger partial charge in [-0.25, -0.2) is 0 Å². The second-order valence-electron chi connectivity index (χ2n) is 4.06. The van der Waals surface area contributed by atoms with Crippen LogP contribution in [0.1, 0.15) is 23.6 Å². The minimum Gasteiger partial charge on any atom is -0.496 e. The van der Waals surface area contributed by atoms with Crippen LogP contribution in [-0.4, -0.2) is 7.11 Å². The highest BCUT2D eigenvalue weighted by Gasteiger charge is 2.04. The summed E-state index contributed by atoms with van der Waals surface area (Å²) in [5, 5.41) is 0. The summed E-state index contributed by atoms with van der Waals surface area (Å²) in [6.45, 7) is 2.01. The predicted octanol–water partition coefficient (Wildman–Crippen LogP) is 4.33. The van der Waals surface area contributed by atoms with Crippen molar-refractivity contribution < 1.29 is 4.74 Å². The average molecular weight is 237 g/mol. The molecule has 0 fully saturated rings. The lowest BCUT2D eigenvalue weighted by Crippen LogP contribution is -1.92. The molecule has 0 saturated heterocycles. The van der Waals surface area contributed by atoms with Gasteiger partial charge < -0.3 is 4.74 Å². The number of ether oxygens (including phenoxy) is 1. The summed E-state index contributed by atoms with van der Waals surface area (Å²) in [6.07, 6.45) is 6.21. The van der Waals surface area contributed by atoms with Crippen LogP contribution in [0.25, 0.3) is 6.08 Å². The lowest BCUT2D eigenvalue weighted by molar-refractivity contribution is 0.412. The van der Waals surface area contributed by atoms with E-state index in [1.807, 2.05) is 31.2 Å². The zero-order valence-corrected chi connectivity index (χ0v) is 10.8. The number of methoxy groups -OCH3 is 1. The van der Waals surface area contributed by atoms with E-state index in [9.17, 15) is 0 Å². The summed E-state index contributed by atoms with van der Waals surface area (Å²) < 4.78 is 5.44. The zero-order chi connectivity index (χ0) is 12.8. The van der Waals surface area contributed by atoms with E-state index in [2.05, 4.69) is 42.8 Å². The van der Waals surface area contributed by atoms with Gasteiger partial charge in [0, 0.05) is 12.0 Å². The molecule has 18 heavy (non-hydrogen) atoms. The van der Waals surface area contributed by atoms with Crippen LogP contribution in [0.5, 0.6) is 5.75 Å². The molecule has 0 aliphatic rings. The second-order valence-corrected chi connectivity index (χ2v) is 4.06. The topological polar surface area (TPSA) is 9.23 Å². The smallest absolute Gasteiger partial charge is 0.123 e. The third-order valence-corrected chi connectivity index (χ3v) is 2.74. The first-order chi connectivity index (χ1) is 8.83. The minimum atomic E-state index is 0.898. The molecule has 0 aromatic heterocycles. The van der Waals surface area contributed by atoms with Crippen LogP contribution in [0.3, 0.4) is 0 Å². The van der Waals surface area contributed by atoms with E-state index >= 15 is 0 Å². The van der Waals surface area contributed by atoms with Gasteiger partial charge in [0.05, 0.1) is 7.11 Å². The van der Waals surface area contributed by atoms with Crippen LogP contribution < -0.4 is 4.74 Å². The molecule has 0 N–H and O–H groups in total. The van der Waals surface area contributed by atoms with E-state index < -0.39 is 0 Å². The van der Waals surface area contributed by atoms with Gasteiger partial charge in [0.25, 0.3) is 0 Å². The minimum absolute atomic E-state index is 0.898. The molecule has 2 aromatic rings. The Morgan fingerprint density at radius 2 is 1.72 bits per heavy atom. The Morgan fingerprint density at radius 3 is 2.39 bits per heavy atom. The van der Waals surface area contributed by atoms with Crippen molar-refractivity contribution in [3.8, 4) is 5.75 Å². The van der Waals surface area contributed by atoms with Crippen molar-refractivity contribution in [2.24, 2.45) is 0 Å². The molecule has 0 spiro atoms. The highest BCUT2D eigenvalue weighted by molar-refractivity contribution is 5.56. The third-order valence-electron chi connectivity index (χ3n) is 2.74. The molecule has 2 aromatic carbocycles. The Hall–Kier alpha value is -2.02. The van der Waals surface area contributed by atoms with E-state index in [1.165, 1.54) is 5.56 Å². The first kappa shape index (κ1) is 12.4. The van der Waals surface area contributed by atoms with Crippen LogP contribution >= 0.6 is 0 Å². The fourth-order valence-electron chi connectivity index (χ4n) is 1.87. The Balaban J connectivity index is 2.28. The predicted molar refractivity (Wildman–Crippen MR) is 76.6 cm³/mol. The lowest BCUT2D eigenvalue weighted by Gasteiger charge is -2.09. The molecular formula is C17H17O. The normalized spacial score (nSPS) is 10.8. The first-order valence-electron chi connectivity index (χ1n) is 6.04. The highest BCUT2D eigenvalue weighted by atomic mass is 16.5. The van der Waals surface area contributed by atoms with Gasteiger partial charge >= 0.3 is 0 Å². The molecule has 0 saturated carbocycles. The molecular weight excluding hydrogens is 220 g/mol. The number of hydrogen-bond donors (Lipinski definition) is 0. The van der Waals surface area contributed by atoms with Crippen molar-refractivity contribution in [1.29, 1.82) is 0 Å². The SMILES string of the molecule is CC=Cc1ccc([CH]c2ccccc2)c(OC)c1. The van der Waals surface area contributed by atoms with Crippen LogP contribution in [0.15, 0.2) is 54.6 Å². The van der Waals surface area contributed by atoms with Gasteiger partial charge in [-0.3, -0.25) is 0 Å². The maximum atomic E-state index is 5.44. The monoisotopic (exact) mass is 237 g/mol. The molecule has 2 rings (SSSR count). The van der Waals surface area contributed by atoms with E-state index in [4.69, 9.17) is 4.74 Å². The third kappa shape index (κ3) is 3.01. The summed E-state index contributed by atoms with van der Waals surface area (Å²) in [4.78, 5) is 0. The van der Waals surface area contributed by atoms with Gasteiger partial charge in [-0.1, -0.05) is 54.6 Å². The molecule has 0 amide bonds. The van der Waals surface area contributed by atoms with E-state index in [1.54, 1.807) is 7.11 Å². The van der Waals surface area contributed by atoms with Crippen molar-refractivity contribution in [3.63, 3.8) is 0 Å². The Kier molecular flexibility index (Phi) is 4.19. The molecule has 0 bridgehead atoms. The molecule has 0 unspecified atom stereocenters. The number of benzene rings is 2. The van der Waals surface area contributed by atoms with Crippen LogP contribution in [0.4, 0.5) is 0 Å². The van der Waals surface area contributed by atoms with Gasteiger partial charge in [-0.2, -0.15) is 0 Å². The maximum absolute atomic E-state index is 5.44. The fourth-order valence-corrected chi connectivity index (χ4v) is 1.87. The fraction of sp³-hybridized carbons (Fsp3) is 0.118. The summed E-state index contributed by atoms with van der Waals surface area (Å²) in [5.41, 5.74) is 3.42. The number of rotatable bonds is 4. The summed E-state index contributed by atoms with van der Waals surface area (Å²) in [5.74, 6) is 0.898. The van der Waals surface area contributed by atoms with Crippen molar-refractivity contribution in [2.45, 2.75) is 6.92 Å². The second kappa shape index (κ2) is 6.06. The molecule has 0 atom stereocenters. The van der Waals surface area contributed by atoms with Crippen LogP contribution in [0, 0.1) is 6.42 Å². The summed E-state index contributed by atoms with van der Waals surface area (Å²) in [6, 6.07) is 16.5. The van der Waals surface area contributed by atoms with Gasteiger partial charge in [-0.05, 0) is 24.1 Å². The molecule has 0 heterocycles. The van der Waals surface area contributed by atoms with Crippen molar-refractivity contribution >= 4 is 6.08 Å². The largest absolute Gasteiger partial charge is 0.496 e. The van der Waals surface area contributed by atoms with Crippen LogP contribution in [-0.2, 0) is 0 Å². The summed E-state index contributed by atoms with van der Waals surface area (Å²) in [7, 11) is 1.71.